The molecular weight excluding hydrogens is 288 g/mol. The Morgan fingerprint density at radius 3 is 2.48 bits per heavy atom. The molecule has 1 saturated heterocycles. The van der Waals surface area contributed by atoms with Gasteiger partial charge in [0.15, 0.2) is 0 Å². The first-order valence-electron chi connectivity index (χ1n) is 8.51. The lowest BCUT2D eigenvalue weighted by atomic mass is 9.99. The number of likely N-dealkylation sites (tertiary alicyclic amines) is 1. The minimum absolute atomic E-state index is 0.0150. The molecule has 0 bridgehead atoms. The summed E-state index contributed by atoms with van der Waals surface area (Å²) in [5, 5.41) is 0. The van der Waals surface area contributed by atoms with E-state index < -0.39 is 0 Å². The van der Waals surface area contributed by atoms with Crippen molar-refractivity contribution < 1.29 is 9.59 Å². The van der Waals surface area contributed by atoms with Crippen LogP contribution < -0.4 is 4.90 Å². The molecule has 23 heavy (non-hydrogen) atoms. The second kappa shape index (κ2) is 7.62. The molecule has 1 heterocycles. The van der Waals surface area contributed by atoms with E-state index in [1.54, 1.807) is 11.8 Å². The lowest BCUT2D eigenvalue weighted by molar-refractivity contribution is -0.132. The van der Waals surface area contributed by atoms with Crippen LogP contribution in [0.2, 0.25) is 0 Å². The summed E-state index contributed by atoms with van der Waals surface area (Å²) in [5.41, 5.74) is 3.09. The summed E-state index contributed by atoms with van der Waals surface area (Å²) in [6, 6.07) is 6.08. The van der Waals surface area contributed by atoms with Gasteiger partial charge in [0, 0.05) is 38.7 Å². The van der Waals surface area contributed by atoms with Crippen molar-refractivity contribution in [2.24, 2.45) is 5.92 Å². The Morgan fingerprint density at radius 2 is 1.87 bits per heavy atom. The SMILES string of the molecule is CC(=O)N(CCC(=O)N1CCC(C)CC1)c1cc(C)ccc1C. The van der Waals surface area contributed by atoms with Crippen LogP contribution in [-0.2, 0) is 9.59 Å². The summed E-state index contributed by atoms with van der Waals surface area (Å²) in [4.78, 5) is 28.1. The van der Waals surface area contributed by atoms with Crippen LogP contribution in [-0.4, -0.2) is 36.3 Å². The van der Waals surface area contributed by atoms with Crippen molar-refractivity contribution in [3.8, 4) is 0 Å². The maximum absolute atomic E-state index is 12.4. The van der Waals surface area contributed by atoms with Gasteiger partial charge in [0.2, 0.25) is 11.8 Å². The van der Waals surface area contributed by atoms with Crippen molar-refractivity contribution in [3.05, 3.63) is 29.3 Å². The van der Waals surface area contributed by atoms with Gasteiger partial charge in [-0.1, -0.05) is 19.1 Å². The summed E-state index contributed by atoms with van der Waals surface area (Å²) in [6.45, 7) is 9.96. The van der Waals surface area contributed by atoms with E-state index in [1.807, 2.05) is 36.9 Å². The number of benzene rings is 1. The van der Waals surface area contributed by atoms with E-state index in [0.717, 1.165) is 42.7 Å². The predicted octanol–water partition coefficient (Wildman–Crippen LogP) is 3.30. The van der Waals surface area contributed by atoms with Crippen molar-refractivity contribution in [3.63, 3.8) is 0 Å². The first kappa shape index (κ1) is 17.5. The van der Waals surface area contributed by atoms with Gasteiger partial charge in [0.1, 0.15) is 0 Å². The van der Waals surface area contributed by atoms with E-state index >= 15 is 0 Å². The Labute approximate surface area is 139 Å². The van der Waals surface area contributed by atoms with Crippen LogP contribution in [0.3, 0.4) is 0 Å². The van der Waals surface area contributed by atoms with E-state index in [1.165, 1.54) is 0 Å². The molecule has 1 aliphatic rings. The molecular formula is C19H28N2O2. The highest BCUT2D eigenvalue weighted by Crippen LogP contribution is 2.23. The number of hydrogen-bond acceptors (Lipinski definition) is 2. The van der Waals surface area contributed by atoms with Crippen LogP contribution in [0.15, 0.2) is 18.2 Å². The first-order chi connectivity index (χ1) is 10.9. The molecule has 0 spiro atoms. The van der Waals surface area contributed by atoms with E-state index in [9.17, 15) is 9.59 Å². The molecule has 0 unspecified atom stereocenters. The third-order valence-corrected chi connectivity index (χ3v) is 4.72. The van der Waals surface area contributed by atoms with E-state index in [-0.39, 0.29) is 11.8 Å². The van der Waals surface area contributed by atoms with E-state index in [4.69, 9.17) is 0 Å². The molecule has 126 valence electrons. The maximum Gasteiger partial charge on any atom is 0.224 e. The van der Waals surface area contributed by atoms with Crippen molar-refractivity contribution >= 4 is 17.5 Å². The molecule has 1 aromatic carbocycles. The molecule has 0 atom stereocenters. The number of anilines is 1. The number of nitrogens with zero attached hydrogens (tertiary/aromatic N) is 2. The second-order valence-corrected chi connectivity index (χ2v) is 6.77. The number of carbonyl (C=O) groups is 2. The monoisotopic (exact) mass is 316 g/mol. The number of aryl methyl sites for hydroxylation is 2. The van der Waals surface area contributed by atoms with Crippen LogP contribution in [0.25, 0.3) is 0 Å². The third-order valence-electron chi connectivity index (χ3n) is 4.72. The third kappa shape index (κ3) is 4.57. The van der Waals surface area contributed by atoms with Crippen LogP contribution in [0.4, 0.5) is 5.69 Å². The lowest BCUT2D eigenvalue weighted by Crippen LogP contribution is -2.40. The lowest BCUT2D eigenvalue weighted by Gasteiger charge is -2.31. The summed E-state index contributed by atoms with van der Waals surface area (Å²) in [7, 11) is 0. The molecule has 0 N–H and O–H groups in total. The van der Waals surface area contributed by atoms with Gasteiger partial charge in [-0.2, -0.15) is 0 Å². The number of amides is 2. The fourth-order valence-corrected chi connectivity index (χ4v) is 3.08. The van der Waals surface area contributed by atoms with Gasteiger partial charge in [-0.3, -0.25) is 9.59 Å². The quantitative estimate of drug-likeness (QED) is 0.855. The molecule has 1 aliphatic heterocycles. The standard InChI is InChI=1S/C19H28N2O2/c1-14-7-10-20(11-8-14)19(23)9-12-21(17(4)22)18-13-15(2)5-6-16(18)3/h5-6,13-14H,7-12H2,1-4H3. The van der Waals surface area contributed by atoms with Gasteiger partial charge in [0.25, 0.3) is 0 Å². The first-order valence-corrected chi connectivity index (χ1v) is 8.51. The molecule has 0 aromatic heterocycles. The number of piperidine rings is 1. The van der Waals surface area contributed by atoms with Gasteiger partial charge in [-0.05, 0) is 49.8 Å². The normalized spacial score (nSPS) is 15.6. The zero-order valence-corrected chi connectivity index (χ0v) is 14.8. The van der Waals surface area contributed by atoms with Gasteiger partial charge < -0.3 is 9.80 Å². The highest BCUT2D eigenvalue weighted by molar-refractivity contribution is 5.93. The molecule has 2 amide bonds. The average Bonchev–Trinajstić information content (AvgIpc) is 2.51. The summed E-state index contributed by atoms with van der Waals surface area (Å²) in [6.07, 6.45) is 2.56. The van der Waals surface area contributed by atoms with Crippen molar-refractivity contribution in [1.82, 2.24) is 4.90 Å². The molecule has 1 fully saturated rings. The van der Waals surface area contributed by atoms with Crippen molar-refractivity contribution in [2.75, 3.05) is 24.5 Å². The average molecular weight is 316 g/mol. The van der Waals surface area contributed by atoms with E-state index in [2.05, 4.69) is 6.92 Å². The van der Waals surface area contributed by atoms with Crippen molar-refractivity contribution in [1.29, 1.82) is 0 Å². The smallest absolute Gasteiger partial charge is 0.224 e. The summed E-state index contributed by atoms with van der Waals surface area (Å²) in [5.74, 6) is 0.856. The molecule has 0 saturated carbocycles. The van der Waals surface area contributed by atoms with Crippen LogP contribution >= 0.6 is 0 Å². The Hall–Kier alpha value is -1.84. The second-order valence-electron chi connectivity index (χ2n) is 6.77. The Kier molecular flexibility index (Phi) is 5.80. The fourth-order valence-electron chi connectivity index (χ4n) is 3.08. The number of rotatable bonds is 4. The summed E-state index contributed by atoms with van der Waals surface area (Å²) < 4.78 is 0. The molecule has 0 radical (unpaired) electrons. The highest BCUT2D eigenvalue weighted by atomic mass is 16.2. The van der Waals surface area contributed by atoms with E-state index in [0.29, 0.717) is 18.9 Å². The predicted molar refractivity (Wildman–Crippen MR) is 93.5 cm³/mol. The number of carbonyl (C=O) groups excluding carboxylic acids is 2. The van der Waals surface area contributed by atoms with Gasteiger partial charge in [-0.15, -0.1) is 0 Å². The van der Waals surface area contributed by atoms with Gasteiger partial charge in [-0.25, -0.2) is 0 Å². The largest absolute Gasteiger partial charge is 0.343 e. The Bertz CT molecular complexity index is 575. The zero-order valence-electron chi connectivity index (χ0n) is 14.8. The van der Waals surface area contributed by atoms with Crippen molar-refractivity contribution in [2.45, 2.75) is 47.0 Å². The van der Waals surface area contributed by atoms with Gasteiger partial charge >= 0.3 is 0 Å². The molecule has 0 aliphatic carbocycles. The zero-order chi connectivity index (χ0) is 17.0. The highest BCUT2D eigenvalue weighted by Gasteiger charge is 2.22. The van der Waals surface area contributed by atoms with Gasteiger partial charge in [0.05, 0.1) is 0 Å². The summed E-state index contributed by atoms with van der Waals surface area (Å²) >= 11 is 0. The maximum atomic E-state index is 12.4. The molecule has 2 rings (SSSR count). The molecule has 4 heteroatoms. The molecule has 4 nitrogen and oxygen atoms in total. The Morgan fingerprint density at radius 1 is 1.22 bits per heavy atom. The van der Waals surface area contributed by atoms with Crippen LogP contribution in [0, 0.1) is 19.8 Å². The Balaban J connectivity index is 2.01. The topological polar surface area (TPSA) is 40.6 Å². The minimum atomic E-state index is -0.0150. The minimum Gasteiger partial charge on any atom is -0.343 e. The van der Waals surface area contributed by atoms with Crippen LogP contribution in [0.5, 0.6) is 0 Å². The van der Waals surface area contributed by atoms with Crippen LogP contribution in [0.1, 0.15) is 44.2 Å². The number of hydrogen-bond donors (Lipinski definition) is 0. The molecule has 1 aromatic rings. The fraction of sp³-hybridized carbons (Fsp3) is 0.579.